The van der Waals surface area contributed by atoms with E-state index in [0.717, 1.165) is 0 Å². The summed E-state index contributed by atoms with van der Waals surface area (Å²) in [5, 5.41) is 9.22. The van der Waals surface area contributed by atoms with Crippen LogP contribution in [0.1, 0.15) is 6.92 Å². The molecule has 1 fully saturated rings. The van der Waals surface area contributed by atoms with Crippen molar-refractivity contribution in [1.29, 1.82) is 0 Å². The van der Waals surface area contributed by atoms with Gasteiger partial charge in [0.25, 0.3) is 0 Å². The number of pyridine rings is 1. The molecule has 106 valence electrons. The molecule has 0 saturated carbocycles. The van der Waals surface area contributed by atoms with Crippen LogP contribution in [-0.4, -0.2) is 42.5 Å². The maximum Gasteiger partial charge on any atom is 0.246 e. The molecule has 2 rings (SSSR count). The predicted molar refractivity (Wildman–Crippen MR) is 74.8 cm³/mol. The topological polar surface area (TPSA) is 96.5 Å². The molecule has 1 aliphatic heterocycles. The van der Waals surface area contributed by atoms with Crippen LogP contribution >= 0.6 is 15.9 Å². The molecule has 6 nitrogen and oxygen atoms in total. The lowest BCUT2D eigenvalue weighted by Gasteiger charge is -2.17. The first-order valence-electron chi connectivity index (χ1n) is 5.88. The van der Waals surface area contributed by atoms with Gasteiger partial charge in [0.2, 0.25) is 10.0 Å². The number of rotatable bonds is 3. The zero-order valence-corrected chi connectivity index (χ0v) is 12.9. The fourth-order valence-electron chi connectivity index (χ4n) is 2.20. The van der Waals surface area contributed by atoms with E-state index in [1.807, 2.05) is 6.92 Å². The molecular formula is C11H16BrN3O3S. The van der Waals surface area contributed by atoms with Crippen molar-refractivity contribution in [1.82, 2.24) is 9.29 Å². The number of nitrogens with zero attached hydrogens (tertiary/aromatic N) is 2. The first-order valence-corrected chi connectivity index (χ1v) is 8.11. The first-order chi connectivity index (χ1) is 8.86. The lowest BCUT2D eigenvalue weighted by molar-refractivity contribution is 0.210. The van der Waals surface area contributed by atoms with Gasteiger partial charge in [0, 0.05) is 30.4 Å². The zero-order chi connectivity index (χ0) is 14.2. The van der Waals surface area contributed by atoms with Gasteiger partial charge in [-0.15, -0.1) is 0 Å². The van der Waals surface area contributed by atoms with Gasteiger partial charge in [-0.25, -0.2) is 13.4 Å². The van der Waals surface area contributed by atoms with E-state index in [2.05, 4.69) is 20.9 Å². The molecule has 8 heteroatoms. The highest BCUT2D eigenvalue weighted by molar-refractivity contribution is 9.10. The van der Waals surface area contributed by atoms with E-state index in [-0.39, 0.29) is 29.2 Å². The second-order valence-electron chi connectivity index (χ2n) is 4.78. The van der Waals surface area contributed by atoms with Crippen LogP contribution in [0.5, 0.6) is 0 Å². The number of hydrogen-bond donors (Lipinski definition) is 2. The number of nitrogens with two attached hydrogens (primary N) is 1. The van der Waals surface area contributed by atoms with E-state index in [0.29, 0.717) is 17.6 Å². The van der Waals surface area contributed by atoms with Gasteiger partial charge in [-0.2, -0.15) is 4.31 Å². The summed E-state index contributed by atoms with van der Waals surface area (Å²) < 4.78 is 27.0. The van der Waals surface area contributed by atoms with Gasteiger partial charge in [-0.3, -0.25) is 0 Å². The summed E-state index contributed by atoms with van der Waals surface area (Å²) in [7, 11) is -3.66. The summed E-state index contributed by atoms with van der Waals surface area (Å²) in [4.78, 5) is 3.86. The van der Waals surface area contributed by atoms with Crippen LogP contribution in [0.4, 0.5) is 5.82 Å². The van der Waals surface area contributed by atoms with Crippen molar-refractivity contribution in [3.8, 4) is 0 Å². The molecule has 1 aromatic rings. The van der Waals surface area contributed by atoms with Crippen LogP contribution in [0.25, 0.3) is 0 Å². The van der Waals surface area contributed by atoms with Crippen molar-refractivity contribution in [2.24, 2.45) is 11.8 Å². The Labute approximate surface area is 120 Å². The van der Waals surface area contributed by atoms with Crippen molar-refractivity contribution < 1.29 is 13.5 Å². The lowest BCUT2D eigenvalue weighted by atomic mass is 10.00. The van der Waals surface area contributed by atoms with E-state index in [1.54, 1.807) is 0 Å². The number of sulfonamides is 1. The molecule has 0 bridgehead atoms. The van der Waals surface area contributed by atoms with E-state index in [9.17, 15) is 13.5 Å². The molecule has 1 aromatic heterocycles. The van der Waals surface area contributed by atoms with Crippen LogP contribution < -0.4 is 5.73 Å². The maximum atomic E-state index is 12.5. The van der Waals surface area contributed by atoms with Crippen LogP contribution in [0.15, 0.2) is 21.6 Å². The highest BCUT2D eigenvalue weighted by Gasteiger charge is 2.37. The summed E-state index contributed by atoms with van der Waals surface area (Å²) >= 11 is 3.19. The third-order valence-corrected chi connectivity index (χ3v) is 5.73. The molecule has 0 spiro atoms. The Bertz CT molecular complexity index is 579. The molecule has 0 aromatic carbocycles. The Morgan fingerprint density at radius 3 is 2.84 bits per heavy atom. The van der Waals surface area contributed by atoms with Gasteiger partial charge < -0.3 is 10.8 Å². The molecule has 0 amide bonds. The molecule has 0 unspecified atom stereocenters. The van der Waals surface area contributed by atoms with Gasteiger partial charge in [0.15, 0.2) is 0 Å². The summed E-state index contributed by atoms with van der Waals surface area (Å²) in [5.41, 5.74) is 5.66. The number of hydrogen-bond acceptors (Lipinski definition) is 5. The number of aliphatic hydroxyl groups is 1. The van der Waals surface area contributed by atoms with E-state index in [4.69, 9.17) is 5.73 Å². The molecule has 19 heavy (non-hydrogen) atoms. The number of halogens is 1. The number of nitrogen functional groups attached to an aromatic ring is 1. The van der Waals surface area contributed by atoms with Crippen molar-refractivity contribution in [3.05, 3.63) is 16.7 Å². The average molecular weight is 350 g/mol. The van der Waals surface area contributed by atoms with Crippen LogP contribution in [0.3, 0.4) is 0 Å². The molecule has 1 aliphatic rings. The normalized spacial score (nSPS) is 24.8. The Kier molecular flexibility index (Phi) is 4.14. The van der Waals surface area contributed by atoms with Crippen LogP contribution in [0.2, 0.25) is 0 Å². The monoisotopic (exact) mass is 349 g/mol. The molecule has 3 N–H and O–H groups in total. The number of aromatic nitrogens is 1. The second-order valence-corrected chi connectivity index (χ2v) is 7.60. The zero-order valence-electron chi connectivity index (χ0n) is 10.5. The fraction of sp³-hybridized carbons (Fsp3) is 0.545. The second kappa shape index (κ2) is 5.35. The van der Waals surface area contributed by atoms with Gasteiger partial charge >= 0.3 is 0 Å². The minimum atomic E-state index is -3.66. The van der Waals surface area contributed by atoms with Crippen molar-refractivity contribution in [2.45, 2.75) is 11.8 Å². The number of anilines is 1. The number of aliphatic hydroxyl groups excluding tert-OH is 1. The van der Waals surface area contributed by atoms with Crippen molar-refractivity contribution in [3.63, 3.8) is 0 Å². The van der Waals surface area contributed by atoms with E-state index in [1.165, 1.54) is 16.6 Å². The van der Waals surface area contributed by atoms with Gasteiger partial charge in [-0.1, -0.05) is 6.92 Å². The molecule has 2 heterocycles. The molecule has 0 aliphatic carbocycles. The maximum absolute atomic E-state index is 12.5. The fourth-order valence-corrected chi connectivity index (χ4v) is 4.37. The molecule has 1 saturated heterocycles. The highest BCUT2D eigenvalue weighted by atomic mass is 79.9. The summed E-state index contributed by atoms with van der Waals surface area (Å²) in [6.07, 6.45) is 1.46. The third-order valence-electron chi connectivity index (χ3n) is 3.44. The summed E-state index contributed by atoms with van der Waals surface area (Å²) in [6.45, 7) is 2.61. The van der Waals surface area contributed by atoms with Crippen molar-refractivity contribution in [2.75, 3.05) is 25.4 Å². The largest absolute Gasteiger partial charge is 0.396 e. The Morgan fingerprint density at radius 1 is 1.58 bits per heavy atom. The van der Waals surface area contributed by atoms with Crippen LogP contribution in [0, 0.1) is 11.8 Å². The van der Waals surface area contributed by atoms with E-state index < -0.39 is 10.0 Å². The highest BCUT2D eigenvalue weighted by Crippen LogP contribution is 2.30. The average Bonchev–Trinajstić information content (AvgIpc) is 2.74. The third kappa shape index (κ3) is 2.76. The summed E-state index contributed by atoms with van der Waals surface area (Å²) in [5.74, 6) is 0.0838. The quantitative estimate of drug-likeness (QED) is 0.836. The Balaban J connectivity index is 2.36. The van der Waals surface area contributed by atoms with Gasteiger partial charge in [-0.05, 0) is 33.8 Å². The van der Waals surface area contributed by atoms with Crippen molar-refractivity contribution >= 4 is 31.8 Å². The minimum Gasteiger partial charge on any atom is -0.396 e. The van der Waals surface area contributed by atoms with Gasteiger partial charge in [0.05, 0.1) is 0 Å². The predicted octanol–water partition coefficient (Wildman–Crippen LogP) is 0.675. The van der Waals surface area contributed by atoms with E-state index >= 15 is 0 Å². The molecule has 2 atom stereocenters. The summed E-state index contributed by atoms with van der Waals surface area (Å²) in [6, 6.07) is 1.45. The standard InChI is InChI=1S/C11H16BrN3O3S/c1-7-4-15(5-8(7)6-16)19(17,18)10-2-9(12)3-14-11(10)13/h2-3,7-8,16H,4-6H2,1H3,(H2,13,14)/t7-,8+/m1/s1. The Hall–Kier alpha value is -0.700. The minimum absolute atomic E-state index is 0.00710. The molecule has 0 radical (unpaired) electrons. The van der Waals surface area contributed by atoms with Crippen LogP contribution in [-0.2, 0) is 10.0 Å². The Morgan fingerprint density at radius 2 is 2.26 bits per heavy atom. The first kappa shape index (κ1) is 14.7. The molecular weight excluding hydrogens is 334 g/mol. The smallest absolute Gasteiger partial charge is 0.246 e. The SMILES string of the molecule is C[C@@H]1CN(S(=O)(=O)c2cc(Br)cnc2N)C[C@H]1CO. The lowest BCUT2D eigenvalue weighted by Crippen LogP contribution is -2.30. The van der Waals surface area contributed by atoms with Gasteiger partial charge in [0.1, 0.15) is 10.7 Å².